The van der Waals surface area contributed by atoms with Crippen molar-refractivity contribution in [2.45, 2.75) is 0 Å². The van der Waals surface area contributed by atoms with Gasteiger partial charge in [0.1, 0.15) is 0 Å². The summed E-state index contributed by atoms with van der Waals surface area (Å²) in [5.74, 6) is 0. The Hall–Kier alpha value is -2.61. The topological polar surface area (TPSA) is 210 Å². The zero-order chi connectivity index (χ0) is 17.9. The maximum Gasteiger partial charge on any atom is 1.00 e. The van der Waals surface area contributed by atoms with Gasteiger partial charge in [0.25, 0.3) is 17.1 Å². The van der Waals surface area contributed by atoms with Gasteiger partial charge in [0, 0.05) is 0 Å². The van der Waals surface area contributed by atoms with Crippen molar-refractivity contribution >= 4 is 17.1 Å². The molecule has 0 aromatic carbocycles. The molecule has 0 spiro atoms. The minimum Gasteiger partial charge on any atom is -0.576 e. The summed E-state index contributed by atoms with van der Waals surface area (Å²) in [6.45, 7) is 0. The normalized spacial score (nSPS) is 8.00. The maximum atomic E-state index is 9.79. The van der Waals surface area contributed by atoms with Gasteiger partial charge in [0.05, 0.1) is 33.4 Å². The van der Waals surface area contributed by atoms with Gasteiger partial charge >= 0.3 is 51.2 Å². The molecular formula is C9H6Cu3N9O6. The van der Waals surface area contributed by atoms with Crippen molar-refractivity contribution < 1.29 is 66.0 Å². The summed E-state index contributed by atoms with van der Waals surface area (Å²) in [5, 5.41) is 48.9. The van der Waals surface area contributed by atoms with Crippen LogP contribution in [-0.2, 0) is 51.2 Å². The summed E-state index contributed by atoms with van der Waals surface area (Å²) >= 11 is 0. The number of aromatic nitrogens is 6. The van der Waals surface area contributed by atoms with E-state index in [0.717, 1.165) is 37.2 Å². The van der Waals surface area contributed by atoms with Crippen molar-refractivity contribution in [1.82, 2.24) is 30.6 Å². The van der Waals surface area contributed by atoms with Gasteiger partial charge in [-0.05, 0) is 0 Å². The molecule has 18 heteroatoms. The first-order valence-electron chi connectivity index (χ1n) is 5.65. The molecule has 0 bridgehead atoms. The van der Waals surface area contributed by atoms with Gasteiger partial charge < -0.3 is 30.6 Å². The second kappa shape index (κ2) is 15.6. The molecule has 0 unspecified atom stereocenters. The Bertz CT molecular complexity index is 660. The van der Waals surface area contributed by atoms with Crippen molar-refractivity contribution in [2.24, 2.45) is 0 Å². The molecule has 27 heavy (non-hydrogen) atoms. The number of hydrogen-bond donors (Lipinski definition) is 0. The average Bonchev–Trinajstić information content (AvgIpc) is 3.29. The van der Waals surface area contributed by atoms with Crippen LogP contribution in [0.2, 0.25) is 0 Å². The summed E-state index contributed by atoms with van der Waals surface area (Å²) in [5.41, 5.74) is -0.194. The SMILES string of the molecule is O=[N+]([O-])c1cn[n-]c1.O=[N+]([O-])c1cn[n-]c1.O=[N+]([O-])c1cn[n-]c1.[Cu+].[Cu+].[Cu+]. The number of nitro groups is 3. The molecule has 0 atom stereocenters. The second-order valence-electron chi connectivity index (χ2n) is 3.51. The maximum absolute atomic E-state index is 9.79. The molecule has 156 valence electrons. The average molecular weight is 527 g/mol. The predicted octanol–water partition coefficient (Wildman–Crippen LogP) is -0.167. The van der Waals surface area contributed by atoms with Crippen molar-refractivity contribution in [3.05, 3.63) is 67.5 Å². The Labute approximate surface area is 180 Å². The van der Waals surface area contributed by atoms with Crippen LogP contribution in [0.25, 0.3) is 0 Å². The Morgan fingerprint density at radius 2 is 0.815 bits per heavy atom. The van der Waals surface area contributed by atoms with E-state index in [2.05, 4.69) is 30.6 Å². The molecule has 3 aromatic heterocycles. The second-order valence-corrected chi connectivity index (χ2v) is 3.51. The van der Waals surface area contributed by atoms with E-state index in [1.165, 1.54) is 0 Å². The van der Waals surface area contributed by atoms with Gasteiger partial charge in [-0.3, -0.25) is 30.3 Å². The zero-order valence-electron chi connectivity index (χ0n) is 12.3. The fraction of sp³-hybridized carbons (Fsp3) is 0. The van der Waals surface area contributed by atoms with E-state index in [4.69, 9.17) is 0 Å². The third-order valence-corrected chi connectivity index (χ3v) is 1.97. The van der Waals surface area contributed by atoms with Crippen LogP contribution in [0.4, 0.5) is 17.1 Å². The predicted molar refractivity (Wildman–Crippen MR) is 72.6 cm³/mol. The van der Waals surface area contributed by atoms with Crippen LogP contribution in [0.3, 0.4) is 0 Å². The van der Waals surface area contributed by atoms with Gasteiger partial charge in [0.2, 0.25) is 0 Å². The first kappa shape index (κ1) is 29.2. The minimum absolute atomic E-state index is 0. The van der Waals surface area contributed by atoms with Crippen LogP contribution < -0.4 is 15.3 Å². The van der Waals surface area contributed by atoms with Crippen LogP contribution in [-0.4, -0.2) is 30.1 Å². The monoisotopic (exact) mass is 525 g/mol. The van der Waals surface area contributed by atoms with E-state index in [9.17, 15) is 30.3 Å². The molecule has 0 aliphatic heterocycles. The summed E-state index contributed by atoms with van der Waals surface area (Å²) in [7, 11) is 0. The molecule has 0 N–H and O–H groups in total. The molecular weight excluding hydrogens is 521 g/mol. The first-order valence-corrected chi connectivity index (χ1v) is 5.65. The first-order chi connectivity index (χ1) is 11.4. The van der Waals surface area contributed by atoms with E-state index in [1.54, 1.807) is 0 Å². The third kappa shape index (κ3) is 11.6. The quantitative estimate of drug-likeness (QED) is 0.247. The van der Waals surface area contributed by atoms with Crippen LogP contribution in [0.1, 0.15) is 0 Å². The number of nitrogens with zero attached hydrogens (tertiary/aromatic N) is 9. The summed E-state index contributed by atoms with van der Waals surface area (Å²) in [4.78, 5) is 27.7. The minimum atomic E-state index is -0.542. The molecule has 3 aromatic rings. The van der Waals surface area contributed by atoms with E-state index in [-0.39, 0.29) is 68.3 Å². The molecule has 0 radical (unpaired) electrons. The van der Waals surface area contributed by atoms with Gasteiger partial charge in [-0.1, -0.05) is 18.6 Å². The summed E-state index contributed by atoms with van der Waals surface area (Å²) in [6.07, 6.45) is 6.58. The number of rotatable bonds is 3. The largest absolute Gasteiger partial charge is 1.00 e. The molecule has 0 saturated carbocycles. The Morgan fingerprint density at radius 1 is 0.593 bits per heavy atom. The molecule has 0 saturated heterocycles. The van der Waals surface area contributed by atoms with Gasteiger partial charge in [-0.15, -0.1) is 0 Å². The smallest absolute Gasteiger partial charge is 0.576 e. The Balaban J connectivity index is -0.000000303. The summed E-state index contributed by atoms with van der Waals surface area (Å²) in [6, 6.07) is 0. The molecule has 3 rings (SSSR count). The standard InChI is InChI=1S/3C3H2N3O2.3Cu/c3*7-6(8)3-1-4-5-2-3;;;/h3*1-2H;;;/q3*-1;3*+1. The van der Waals surface area contributed by atoms with Crippen LogP contribution in [0.15, 0.2) is 37.2 Å². The molecule has 0 aliphatic carbocycles. The van der Waals surface area contributed by atoms with E-state index in [1.807, 2.05) is 0 Å². The van der Waals surface area contributed by atoms with Crippen molar-refractivity contribution in [3.63, 3.8) is 0 Å². The Morgan fingerprint density at radius 3 is 0.889 bits per heavy atom. The van der Waals surface area contributed by atoms with Gasteiger partial charge in [-0.2, -0.15) is 0 Å². The third-order valence-electron chi connectivity index (χ3n) is 1.97. The van der Waals surface area contributed by atoms with Gasteiger partial charge in [-0.25, -0.2) is 0 Å². The number of hydrogen-bond acceptors (Lipinski definition) is 9. The van der Waals surface area contributed by atoms with E-state index >= 15 is 0 Å². The summed E-state index contributed by atoms with van der Waals surface area (Å²) < 4.78 is 0. The van der Waals surface area contributed by atoms with E-state index in [0.29, 0.717) is 0 Å². The Kier molecular flexibility index (Phi) is 16.9. The van der Waals surface area contributed by atoms with Crippen molar-refractivity contribution in [1.29, 1.82) is 0 Å². The van der Waals surface area contributed by atoms with Crippen LogP contribution in [0.5, 0.6) is 0 Å². The molecule has 0 fully saturated rings. The fourth-order valence-electron chi connectivity index (χ4n) is 0.938. The molecule has 0 aliphatic rings. The van der Waals surface area contributed by atoms with Gasteiger partial charge in [0.15, 0.2) is 0 Å². The molecule has 0 amide bonds. The van der Waals surface area contributed by atoms with Crippen LogP contribution in [0, 0.1) is 30.3 Å². The van der Waals surface area contributed by atoms with E-state index < -0.39 is 14.8 Å². The van der Waals surface area contributed by atoms with Crippen molar-refractivity contribution in [3.8, 4) is 0 Å². The fourth-order valence-corrected chi connectivity index (χ4v) is 0.938. The van der Waals surface area contributed by atoms with Crippen LogP contribution >= 0.6 is 0 Å². The molecule has 3 heterocycles. The molecule has 15 nitrogen and oxygen atoms in total. The van der Waals surface area contributed by atoms with Crippen molar-refractivity contribution in [2.75, 3.05) is 0 Å². The zero-order valence-corrected chi connectivity index (χ0v) is 15.2.